The van der Waals surface area contributed by atoms with E-state index in [1.165, 1.54) is 0 Å². The van der Waals surface area contributed by atoms with Gasteiger partial charge in [0.05, 0.1) is 11.9 Å². The maximum absolute atomic E-state index is 3.98. The third-order valence-corrected chi connectivity index (χ3v) is 1.32. The first-order chi connectivity index (χ1) is 5.76. The lowest BCUT2D eigenvalue weighted by molar-refractivity contribution is 0.768. The average Bonchev–Trinajstić information content (AvgIpc) is 2.47. The average molecular weight is 165 g/mol. The second kappa shape index (κ2) is 3.66. The van der Waals surface area contributed by atoms with Crippen molar-refractivity contribution < 1.29 is 0 Å². The summed E-state index contributed by atoms with van der Waals surface area (Å²) in [5.41, 5.74) is 0.852. The van der Waals surface area contributed by atoms with Crippen LogP contribution in [0.15, 0.2) is 22.4 Å². The van der Waals surface area contributed by atoms with E-state index in [0.29, 0.717) is 5.96 Å². The minimum Gasteiger partial charge on any atom is -0.322 e. The Kier molecular flexibility index (Phi) is 2.57. The van der Waals surface area contributed by atoms with Crippen LogP contribution < -0.4 is 5.32 Å². The molecule has 1 heterocycles. The summed E-state index contributed by atoms with van der Waals surface area (Å²) in [5, 5.41) is 6.91. The third kappa shape index (κ3) is 1.91. The second-order valence-corrected chi connectivity index (χ2v) is 2.23. The normalized spacial score (nSPS) is 11.3. The van der Waals surface area contributed by atoms with Gasteiger partial charge in [-0.15, -0.1) is 0 Å². The van der Waals surface area contributed by atoms with Crippen LogP contribution >= 0.6 is 0 Å². The molecule has 0 aliphatic carbocycles. The van der Waals surface area contributed by atoms with Crippen LogP contribution in [-0.4, -0.2) is 29.5 Å². The topological polar surface area (TPSA) is 54.6 Å². The van der Waals surface area contributed by atoms with Crippen LogP contribution in [0.1, 0.15) is 0 Å². The first kappa shape index (κ1) is 8.45. The van der Waals surface area contributed by atoms with Crippen LogP contribution in [-0.2, 0) is 7.05 Å². The number of nitrogens with zero attached hydrogens (tertiary/aromatic N) is 4. The quantitative estimate of drug-likeness (QED) is 0.487. The van der Waals surface area contributed by atoms with Crippen molar-refractivity contribution in [3.05, 3.63) is 12.4 Å². The fraction of sp³-hybridized carbons (Fsp3) is 0.286. The number of hydrogen-bond acceptors (Lipinski definition) is 2. The molecule has 0 fully saturated rings. The second-order valence-electron chi connectivity index (χ2n) is 2.23. The van der Waals surface area contributed by atoms with Crippen LogP contribution in [0.2, 0.25) is 0 Å². The fourth-order valence-electron chi connectivity index (χ4n) is 0.781. The van der Waals surface area contributed by atoms with Gasteiger partial charge in [-0.25, -0.2) is 4.99 Å². The zero-order chi connectivity index (χ0) is 8.97. The van der Waals surface area contributed by atoms with Crippen molar-refractivity contribution in [3.8, 4) is 0 Å². The highest BCUT2D eigenvalue weighted by molar-refractivity contribution is 5.96. The van der Waals surface area contributed by atoms with Crippen LogP contribution in [0.3, 0.4) is 0 Å². The van der Waals surface area contributed by atoms with E-state index in [1.807, 2.05) is 13.2 Å². The monoisotopic (exact) mass is 165 g/mol. The van der Waals surface area contributed by atoms with Crippen molar-refractivity contribution in [1.82, 2.24) is 9.78 Å². The van der Waals surface area contributed by atoms with Crippen LogP contribution in [0.4, 0.5) is 5.69 Å². The van der Waals surface area contributed by atoms with E-state index in [-0.39, 0.29) is 0 Å². The molecule has 0 spiro atoms. The van der Waals surface area contributed by atoms with E-state index in [0.717, 1.165) is 5.69 Å². The van der Waals surface area contributed by atoms with Crippen molar-refractivity contribution in [1.29, 1.82) is 0 Å². The minimum atomic E-state index is 0.489. The SMILES string of the molecule is C=NC(=NC)Nc1cnn(C)c1. The summed E-state index contributed by atoms with van der Waals surface area (Å²) in [6.45, 7) is 3.36. The summed E-state index contributed by atoms with van der Waals surface area (Å²) in [6.07, 6.45) is 3.52. The first-order valence-corrected chi connectivity index (χ1v) is 3.45. The van der Waals surface area contributed by atoms with Crippen LogP contribution in [0, 0.1) is 0 Å². The Morgan fingerprint density at radius 1 is 1.75 bits per heavy atom. The van der Waals surface area contributed by atoms with E-state index < -0.39 is 0 Å². The number of aliphatic imine (C=N–C) groups is 2. The van der Waals surface area contributed by atoms with E-state index in [9.17, 15) is 0 Å². The van der Waals surface area contributed by atoms with Crippen molar-refractivity contribution in [2.75, 3.05) is 12.4 Å². The Balaban J connectivity index is 2.69. The highest BCUT2D eigenvalue weighted by Gasteiger charge is 1.96. The predicted octanol–water partition coefficient (Wildman–Crippen LogP) is 0.518. The molecule has 5 nitrogen and oxygen atoms in total. The predicted molar refractivity (Wildman–Crippen MR) is 49.7 cm³/mol. The van der Waals surface area contributed by atoms with E-state index in [4.69, 9.17) is 0 Å². The smallest absolute Gasteiger partial charge is 0.221 e. The summed E-state index contributed by atoms with van der Waals surface area (Å²) in [6, 6.07) is 0. The molecule has 64 valence electrons. The number of aryl methyl sites for hydroxylation is 1. The molecular formula is C7H11N5. The minimum absolute atomic E-state index is 0.489. The number of rotatable bonds is 1. The molecule has 0 aromatic carbocycles. The molecule has 0 atom stereocenters. The molecule has 1 rings (SSSR count). The van der Waals surface area contributed by atoms with Gasteiger partial charge >= 0.3 is 0 Å². The zero-order valence-electron chi connectivity index (χ0n) is 7.15. The lowest BCUT2D eigenvalue weighted by Crippen LogP contribution is -2.07. The van der Waals surface area contributed by atoms with E-state index in [2.05, 4.69) is 27.1 Å². The highest BCUT2D eigenvalue weighted by atomic mass is 15.3. The molecule has 12 heavy (non-hydrogen) atoms. The maximum Gasteiger partial charge on any atom is 0.221 e. The molecule has 0 saturated heterocycles. The number of hydrogen-bond donors (Lipinski definition) is 1. The lowest BCUT2D eigenvalue weighted by atomic mass is 10.6. The molecular weight excluding hydrogens is 154 g/mol. The Hall–Kier alpha value is -1.65. The van der Waals surface area contributed by atoms with Crippen molar-refractivity contribution in [2.45, 2.75) is 0 Å². The Morgan fingerprint density at radius 2 is 2.50 bits per heavy atom. The molecule has 1 aromatic heterocycles. The van der Waals surface area contributed by atoms with Gasteiger partial charge in [-0.1, -0.05) is 0 Å². The summed E-state index contributed by atoms with van der Waals surface area (Å²) in [7, 11) is 3.49. The third-order valence-electron chi connectivity index (χ3n) is 1.32. The van der Waals surface area contributed by atoms with Crippen molar-refractivity contribution >= 4 is 18.4 Å². The zero-order valence-corrected chi connectivity index (χ0v) is 7.15. The standard InChI is InChI=1S/C7H11N5/c1-8-7(9-2)11-6-4-10-12(3)5-6/h4-5H,1H2,2-3H3,(H,9,11). The Labute approximate surface area is 70.8 Å². The molecule has 1 N–H and O–H groups in total. The molecule has 0 unspecified atom stereocenters. The molecule has 0 aliphatic heterocycles. The van der Waals surface area contributed by atoms with Crippen molar-refractivity contribution in [2.24, 2.45) is 17.0 Å². The van der Waals surface area contributed by atoms with Crippen LogP contribution in [0.5, 0.6) is 0 Å². The molecule has 1 aromatic rings. The van der Waals surface area contributed by atoms with Gasteiger partial charge in [-0.3, -0.25) is 9.67 Å². The van der Waals surface area contributed by atoms with Gasteiger partial charge in [0.2, 0.25) is 5.96 Å². The fourth-order valence-corrected chi connectivity index (χ4v) is 0.781. The maximum atomic E-state index is 3.98. The van der Waals surface area contributed by atoms with Gasteiger partial charge < -0.3 is 5.32 Å². The molecule has 0 bridgehead atoms. The van der Waals surface area contributed by atoms with Crippen molar-refractivity contribution in [3.63, 3.8) is 0 Å². The summed E-state index contributed by atoms with van der Waals surface area (Å²) in [4.78, 5) is 7.51. The molecule has 0 aliphatic rings. The number of guanidine groups is 1. The van der Waals surface area contributed by atoms with Gasteiger partial charge in [0.15, 0.2) is 0 Å². The van der Waals surface area contributed by atoms with E-state index in [1.54, 1.807) is 17.9 Å². The number of aromatic nitrogens is 2. The van der Waals surface area contributed by atoms with Gasteiger partial charge in [0.1, 0.15) is 0 Å². The highest BCUT2D eigenvalue weighted by Crippen LogP contribution is 2.03. The molecule has 0 radical (unpaired) electrons. The van der Waals surface area contributed by atoms with Gasteiger partial charge in [0, 0.05) is 20.3 Å². The number of nitrogens with one attached hydrogen (secondary N) is 1. The van der Waals surface area contributed by atoms with E-state index >= 15 is 0 Å². The molecule has 0 saturated carbocycles. The summed E-state index contributed by atoms with van der Waals surface area (Å²) >= 11 is 0. The Morgan fingerprint density at radius 3 is 2.92 bits per heavy atom. The first-order valence-electron chi connectivity index (χ1n) is 3.45. The summed E-state index contributed by atoms with van der Waals surface area (Å²) < 4.78 is 1.69. The van der Waals surface area contributed by atoms with Gasteiger partial charge in [-0.2, -0.15) is 5.10 Å². The van der Waals surface area contributed by atoms with Gasteiger partial charge in [0.25, 0.3) is 0 Å². The number of anilines is 1. The largest absolute Gasteiger partial charge is 0.322 e. The van der Waals surface area contributed by atoms with Gasteiger partial charge in [-0.05, 0) is 6.72 Å². The molecule has 5 heteroatoms. The van der Waals surface area contributed by atoms with Crippen LogP contribution in [0.25, 0.3) is 0 Å². The lowest BCUT2D eigenvalue weighted by Gasteiger charge is -1.98. The summed E-state index contributed by atoms with van der Waals surface area (Å²) in [5.74, 6) is 0.489. The Bertz CT molecular complexity index is 299. The molecule has 0 amide bonds.